The monoisotopic (exact) mass is 553 g/mol. The first-order valence-corrected chi connectivity index (χ1v) is 11.9. The van der Waals surface area contributed by atoms with E-state index in [1.165, 1.54) is 4.57 Å². The van der Waals surface area contributed by atoms with Gasteiger partial charge in [-0.05, 0) is 29.8 Å². The second kappa shape index (κ2) is 9.51. The third-order valence-corrected chi connectivity index (χ3v) is 6.84. The van der Waals surface area contributed by atoms with Crippen molar-refractivity contribution in [3.63, 3.8) is 0 Å². The highest BCUT2D eigenvalue weighted by Gasteiger charge is 2.32. The van der Waals surface area contributed by atoms with Crippen LogP contribution in [0.5, 0.6) is 0 Å². The van der Waals surface area contributed by atoms with Gasteiger partial charge in [0, 0.05) is 52.1 Å². The maximum absolute atomic E-state index is 15.9. The van der Waals surface area contributed by atoms with E-state index in [1.54, 1.807) is 48.5 Å². The number of para-hydroxylation sites is 2. The molecule has 1 aromatic heterocycles. The van der Waals surface area contributed by atoms with Crippen molar-refractivity contribution in [3.8, 4) is 5.69 Å². The van der Waals surface area contributed by atoms with Crippen molar-refractivity contribution in [2.24, 2.45) is 0 Å². The highest BCUT2D eigenvalue weighted by atomic mass is 19.2. The molecule has 1 heterocycles. The molecule has 0 spiro atoms. The number of halogens is 8. The largest absolute Gasteiger partial charge is 0.304 e. The van der Waals surface area contributed by atoms with E-state index in [0.29, 0.717) is 33.9 Å². The molecule has 0 saturated carbocycles. The number of hydrogen-bond acceptors (Lipinski definition) is 0. The molecule has 6 aromatic rings. The molecule has 6 rings (SSSR count). The SMILES string of the molecule is Fc1cc(F)c(C(c2cc(F)c(-n3c4ccccc4c4ccccc43)c(F)c2)c2c(F)cc(F)cc2F)c(F)c1. The molecule has 0 amide bonds. The molecule has 0 N–H and O–H groups in total. The number of aromatic nitrogens is 1. The molecule has 0 unspecified atom stereocenters. The number of rotatable bonds is 4. The molecule has 0 radical (unpaired) electrons. The van der Waals surface area contributed by atoms with Crippen molar-refractivity contribution in [1.82, 2.24) is 4.57 Å². The third kappa shape index (κ3) is 4.00. The van der Waals surface area contributed by atoms with Gasteiger partial charge in [-0.1, -0.05) is 36.4 Å². The van der Waals surface area contributed by atoms with Crippen LogP contribution in [0.4, 0.5) is 35.1 Å². The lowest BCUT2D eigenvalue weighted by molar-refractivity contribution is 0.496. The number of hydrogen-bond donors (Lipinski definition) is 0. The van der Waals surface area contributed by atoms with Gasteiger partial charge in [-0.3, -0.25) is 0 Å². The summed E-state index contributed by atoms with van der Waals surface area (Å²) in [4.78, 5) is 0. The van der Waals surface area contributed by atoms with E-state index < -0.39 is 74.8 Å². The van der Waals surface area contributed by atoms with Crippen molar-refractivity contribution in [1.29, 1.82) is 0 Å². The van der Waals surface area contributed by atoms with Crippen LogP contribution in [0.1, 0.15) is 22.6 Å². The summed E-state index contributed by atoms with van der Waals surface area (Å²) in [5.74, 6) is -13.4. The Morgan fingerprint density at radius 1 is 0.450 bits per heavy atom. The van der Waals surface area contributed by atoms with Crippen molar-refractivity contribution < 1.29 is 35.1 Å². The lowest BCUT2D eigenvalue weighted by Gasteiger charge is -2.22. The van der Waals surface area contributed by atoms with Gasteiger partial charge in [-0.2, -0.15) is 0 Å². The summed E-state index contributed by atoms with van der Waals surface area (Å²) in [6.45, 7) is 0. The lowest BCUT2D eigenvalue weighted by Crippen LogP contribution is -2.15. The van der Waals surface area contributed by atoms with E-state index >= 15 is 8.78 Å². The zero-order valence-electron chi connectivity index (χ0n) is 20.1. The van der Waals surface area contributed by atoms with Crippen LogP contribution in [0, 0.1) is 46.5 Å². The van der Waals surface area contributed by atoms with Gasteiger partial charge in [0.25, 0.3) is 0 Å². The fourth-order valence-electron chi connectivity index (χ4n) is 5.26. The van der Waals surface area contributed by atoms with E-state index in [4.69, 9.17) is 0 Å². The first-order chi connectivity index (χ1) is 19.2. The predicted molar refractivity (Wildman–Crippen MR) is 134 cm³/mol. The van der Waals surface area contributed by atoms with Crippen molar-refractivity contribution >= 4 is 21.8 Å². The minimum atomic E-state index is -2.14. The maximum Gasteiger partial charge on any atom is 0.150 e. The average molecular weight is 553 g/mol. The Morgan fingerprint density at radius 3 is 1.23 bits per heavy atom. The second-order valence-corrected chi connectivity index (χ2v) is 9.20. The van der Waals surface area contributed by atoms with Crippen molar-refractivity contribution in [2.45, 2.75) is 5.92 Å². The molecule has 0 saturated heterocycles. The fraction of sp³-hybridized carbons (Fsp3) is 0.0323. The first kappa shape index (κ1) is 25.6. The summed E-state index contributed by atoms with van der Waals surface area (Å²) in [5, 5.41) is 1.40. The van der Waals surface area contributed by atoms with Gasteiger partial charge >= 0.3 is 0 Å². The molecule has 1 nitrogen and oxygen atoms in total. The molecule has 0 atom stereocenters. The summed E-state index contributed by atoms with van der Waals surface area (Å²) in [6, 6.07) is 16.2. The highest BCUT2D eigenvalue weighted by Crippen LogP contribution is 2.41. The summed E-state index contributed by atoms with van der Waals surface area (Å²) >= 11 is 0. The van der Waals surface area contributed by atoms with Crippen molar-refractivity contribution in [2.75, 3.05) is 0 Å². The Bertz CT molecular complexity index is 1780. The molecule has 200 valence electrons. The summed E-state index contributed by atoms with van der Waals surface area (Å²) in [6.07, 6.45) is 0. The van der Waals surface area contributed by atoms with Gasteiger partial charge in [-0.15, -0.1) is 0 Å². The van der Waals surface area contributed by atoms with Crippen molar-refractivity contribution in [3.05, 3.63) is 148 Å². The minimum absolute atomic E-state index is 0.268. The van der Waals surface area contributed by atoms with Crippen LogP contribution in [0.15, 0.2) is 84.9 Å². The van der Waals surface area contributed by atoms with Gasteiger partial charge in [0.2, 0.25) is 0 Å². The van der Waals surface area contributed by atoms with Crippen LogP contribution in [0.2, 0.25) is 0 Å². The zero-order valence-corrected chi connectivity index (χ0v) is 20.1. The number of fused-ring (bicyclic) bond motifs is 3. The van der Waals surface area contributed by atoms with Crippen LogP contribution < -0.4 is 0 Å². The smallest absolute Gasteiger partial charge is 0.150 e. The minimum Gasteiger partial charge on any atom is -0.304 e. The normalized spacial score (nSPS) is 11.7. The fourth-order valence-corrected chi connectivity index (χ4v) is 5.26. The van der Waals surface area contributed by atoms with E-state index in [0.717, 1.165) is 0 Å². The van der Waals surface area contributed by atoms with Crippen LogP contribution >= 0.6 is 0 Å². The lowest BCUT2D eigenvalue weighted by atomic mass is 9.83. The van der Waals surface area contributed by atoms with Gasteiger partial charge in [-0.25, -0.2) is 35.1 Å². The average Bonchev–Trinajstić information content (AvgIpc) is 3.21. The Balaban J connectivity index is 1.65. The second-order valence-electron chi connectivity index (χ2n) is 9.20. The predicted octanol–water partition coefficient (Wildman–Crippen LogP) is 9.08. The first-order valence-electron chi connectivity index (χ1n) is 11.9. The maximum atomic E-state index is 15.9. The molecule has 0 fully saturated rings. The molecule has 40 heavy (non-hydrogen) atoms. The van der Waals surface area contributed by atoms with Gasteiger partial charge in [0.05, 0.1) is 11.0 Å². The molecule has 0 aliphatic heterocycles. The molecular weight excluding hydrogens is 538 g/mol. The Hall–Kier alpha value is -4.66. The topological polar surface area (TPSA) is 4.93 Å². The van der Waals surface area contributed by atoms with Crippen LogP contribution in [-0.4, -0.2) is 4.57 Å². The molecular formula is C31H15F8N. The molecule has 0 aliphatic carbocycles. The van der Waals surface area contributed by atoms with E-state index in [9.17, 15) is 26.3 Å². The molecule has 5 aromatic carbocycles. The number of nitrogens with zero attached hydrogens (tertiary/aromatic N) is 1. The Labute approximate surface area is 221 Å². The Morgan fingerprint density at radius 2 is 0.825 bits per heavy atom. The highest BCUT2D eigenvalue weighted by molar-refractivity contribution is 6.09. The zero-order chi connectivity index (χ0) is 28.3. The third-order valence-electron chi connectivity index (χ3n) is 6.84. The van der Waals surface area contributed by atoms with E-state index in [-0.39, 0.29) is 24.3 Å². The van der Waals surface area contributed by atoms with Crippen LogP contribution in [0.25, 0.3) is 27.5 Å². The molecule has 0 bridgehead atoms. The Kier molecular flexibility index (Phi) is 6.09. The van der Waals surface area contributed by atoms with Gasteiger partial charge in [0.1, 0.15) is 40.6 Å². The van der Waals surface area contributed by atoms with Gasteiger partial charge in [0.15, 0.2) is 11.6 Å². The molecule has 0 aliphatic rings. The quantitative estimate of drug-likeness (QED) is 0.152. The number of benzene rings is 5. The van der Waals surface area contributed by atoms with E-state index in [1.807, 2.05) is 0 Å². The standard InChI is InChI=1S/C31H15F8N/c32-16-11-20(34)29(21(35)12-16)28(30-22(36)13-17(33)14-23(30)37)15-9-24(38)31(25(39)10-15)40-26-7-3-1-5-18(26)19-6-2-4-8-27(19)40/h1-14,28H. The summed E-state index contributed by atoms with van der Waals surface area (Å²) in [5.41, 5.74) is -2.37. The summed E-state index contributed by atoms with van der Waals surface area (Å²) in [7, 11) is 0. The van der Waals surface area contributed by atoms with Crippen LogP contribution in [0.3, 0.4) is 0 Å². The molecule has 9 heteroatoms. The van der Waals surface area contributed by atoms with E-state index in [2.05, 4.69) is 0 Å². The summed E-state index contributed by atoms with van der Waals surface area (Å²) < 4.78 is 120. The van der Waals surface area contributed by atoms with Crippen LogP contribution in [-0.2, 0) is 0 Å². The van der Waals surface area contributed by atoms with Gasteiger partial charge < -0.3 is 4.57 Å².